The fourth-order valence-electron chi connectivity index (χ4n) is 9.42. The van der Waals surface area contributed by atoms with E-state index in [1.807, 2.05) is 0 Å². The lowest BCUT2D eigenvalue weighted by Crippen LogP contribution is -2.54. The molecule has 0 aromatic heterocycles. The van der Waals surface area contributed by atoms with Gasteiger partial charge >= 0.3 is 0 Å². The molecule has 9 unspecified atom stereocenters. The van der Waals surface area contributed by atoms with Crippen LogP contribution in [0.1, 0.15) is 106 Å². The van der Waals surface area contributed by atoms with Gasteiger partial charge in [0.1, 0.15) is 0 Å². The van der Waals surface area contributed by atoms with Gasteiger partial charge in [-0.25, -0.2) is 0 Å². The number of fused-ring (bicyclic) bond motifs is 5. The van der Waals surface area contributed by atoms with Crippen LogP contribution in [0.15, 0.2) is 12.2 Å². The standard InChI is InChI=1S/C29H50O/c1-7-21(19(2)3)9-8-20(4)25-12-13-26-24-11-10-22-18-23(30)14-16-28(22,5)27(24)15-17-29(25,26)6/h8-9,19-27,30H,7,10-18H2,1-6H3/b9-8+/t20?,21?,22?,23-,24?,25?,26?,27?,28?,29?/m0/s1. The summed E-state index contributed by atoms with van der Waals surface area (Å²) in [5.74, 6) is 6.72. The fraction of sp³-hybridized carbons (Fsp3) is 0.931. The van der Waals surface area contributed by atoms with E-state index in [1.54, 1.807) is 0 Å². The summed E-state index contributed by atoms with van der Waals surface area (Å²) in [4.78, 5) is 0. The van der Waals surface area contributed by atoms with Crippen molar-refractivity contribution in [3.05, 3.63) is 12.2 Å². The number of aliphatic hydroxyl groups excluding tert-OH is 1. The summed E-state index contributed by atoms with van der Waals surface area (Å²) < 4.78 is 0. The van der Waals surface area contributed by atoms with Gasteiger partial charge in [0.25, 0.3) is 0 Å². The molecule has 4 saturated carbocycles. The molecule has 0 radical (unpaired) electrons. The summed E-state index contributed by atoms with van der Waals surface area (Å²) >= 11 is 0. The lowest BCUT2D eigenvalue weighted by atomic mass is 9.44. The molecular weight excluding hydrogens is 364 g/mol. The lowest BCUT2D eigenvalue weighted by Gasteiger charge is -2.61. The van der Waals surface area contributed by atoms with Crippen molar-refractivity contribution in [1.82, 2.24) is 0 Å². The minimum atomic E-state index is -0.0187. The highest BCUT2D eigenvalue weighted by molar-refractivity contribution is 5.11. The third kappa shape index (κ3) is 3.74. The minimum absolute atomic E-state index is 0.0187. The van der Waals surface area contributed by atoms with Crippen molar-refractivity contribution < 1.29 is 5.11 Å². The van der Waals surface area contributed by atoms with E-state index >= 15 is 0 Å². The molecule has 4 rings (SSSR count). The van der Waals surface area contributed by atoms with E-state index < -0.39 is 0 Å². The van der Waals surface area contributed by atoms with Gasteiger partial charge in [-0.1, -0.05) is 53.7 Å². The van der Waals surface area contributed by atoms with Gasteiger partial charge in [-0.2, -0.15) is 0 Å². The average Bonchev–Trinajstić information content (AvgIpc) is 3.06. The van der Waals surface area contributed by atoms with Crippen LogP contribution in [0.3, 0.4) is 0 Å². The molecule has 4 fully saturated rings. The molecule has 0 aromatic rings. The van der Waals surface area contributed by atoms with Crippen molar-refractivity contribution in [3.8, 4) is 0 Å². The van der Waals surface area contributed by atoms with E-state index in [-0.39, 0.29) is 6.10 Å². The Morgan fingerprint density at radius 2 is 1.57 bits per heavy atom. The Bertz CT molecular complexity index is 622. The molecule has 0 aromatic carbocycles. The maximum Gasteiger partial charge on any atom is 0.0543 e. The summed E-state index contributed by atoms with van der Waals surface area (Å²) in [7, 11) is 0. The molecule has 1 nitrogen and oxygen atoms in total. The van der Waals surface area contributed by atoms with Crippen LogP contribution in [-0.4, -0.2) is 11.2 Å². The van der Waals surface area contributed by atoms with Crippen LogP contribution in [-0.2, 0) is 0 Å². The molecular formula is C29H50O. The van der Waals surface area contributed by atoms with Crippen molar-refractivity contribution in [2.75, 3.05) is 0 Å². The third-order valence-corrected chi connectivity index (χ3v) is 11.3. The highest BCUT2D eigenvalue weighted by Crippen LogP contribution is 2.68. The predicted octanol–water partition coefficient (Wildman–Crippen LogP) is 7.88. The van der Waals surface area contributed by atoms with E-state index in [4.69, 9.17) is 0 Å². The Hall–Kier alpha value is -0.300. The number of allylic oxidation sites excluding steroid dienone is 2. The van der Waals surface area contributed by atoms with Crippen LogP contribution < -0.4 is 0 Å². The largest absolute Gasteiger partial charge is 0.393 e. The zero-order valence-electron chi connectivity index (χ0n) is 20.9. The maximum absolute atomic E-state index is 10.3. The number of aliphatic hydroxyl groups is 1. The number of hydrogen-bond acceptors (Lipinski definition) is 1. The van der Waals surface area contributed by atoms with Crippen LogP contribution >= 0.6 is 0 Å². The average molecular weight is 415 g/mol. The molecule has 172 valence electrons. The molecule has 0 spiro atoms. The molecule has 10 atom stereocenters. The van der Waals surface area contributed by atoms with Gasteiger partial charge in [-0.3, -0.25) is 0 Å². The summed E-state index contributed by atoms with van der Waals surface area (Å²) in [5.41, 5.74) is 1.07. The zero-order valence-corrected chi connectivity index (χ0v) is 20.9. The SMILES string of the molecule is CCC(/C=C/C(C)C1CCC2C3CCC4C[C@@H](O)CCC4(C)C3CCC12C)C(C)C. The van der Waals surface area contributed by atoms with Crippen LogP contribution in [0, 0.1) is 58.2 Å². The molecule has 30 heavy (non-hydrogen) atoms. The first kappa shape index (κ1) is 22.9. The molecule has 0 amide bonds. The normalized spacial score (nSPS) is 48.3. The second-order valence-electron chi connectivity index (χ2n) is 12.9. The van der Waals surface area contributed by atoms with Gasteiger partial charge in [0.15, 0.2) is 0 Å². The van der Waals surface area contributed by atoms with Crippen LogP contribution in [0.4, 0.5) is 0 Å². The zero-order chi connectivity index (χ0) is 21.7. The van der Waals surface area contributed by atoms with E-state index in [9.17, 15) is 5.11 Å². The van der Waals surface area contributed by atoms with Crippen molar-refractivity contribution in [2.24, 2.45) is 58.2 Å². The van der Waals surface area contributed by atoms with Crippen LogP contribution in [0.25, 0.3) is 0 Å². The second kappa shape index (κ2) is 8.57. The third-order valence-electron chi connectivity index (χ3n) is 11.3. The number of rotatable bonds is 5. The monoisotopic (exact) mass is 414 g/mol. The van der Waals surface area contributed by atoms with Crippen molar-refractivity contribution in [1.29, 1.82) is 0 Å². The summed E-state index contributed by atoms with van der Waals surface area (Å²) in [5, 5.41) is 10.3. The first-order valence-corrected chi connectivity index (χ1v) is 13.6. The quantitative estimate of drug-likeness (QED) is 0.454. The maximum atomic E-state index is 10.3. The molecule has 4 aliphatic carbocycles. The van der Waals surface area contributed by atoms with E-state index in [2.05, 4.69) is 53.7 Å². The first-order valence-electron chi connectivity index (χ1n) is 13.6. The Morgan fingerprint density at radius 3 is 2.27 bits per heavy atom. The molecule has 4 aliphatic rings. The van der Waals surface area contributed by atoms with Gasteiger partial charge in [0.05, 0.1) is 6.10 Å². The Morgan fingerprint density at radius 1 is 0.867 bits per heavy atom. The molecule has 1 N–H and O–H groups in total. The second-order valence-corrected chi connectivity index (χ2v) is 12.9. The molecule has 1 heteroatoms. The summed E-state index contributed by atoms with van der Waals surface area (Å²) in [6, 6.07) is 0. The fourth-order valence-corrected chi connectivity index (χ4v) is 9.42. The highest BCUT2D eigenvalue weighted by atomic mass is 16.3. The van der Waals surface area contributed by atoms with Crippen LogP contribution in [0.5, 0.6) is 0 Å². The molecule has 0 bridgehead atoms. The lowest BCUT2D eigenvalue weighted by molar-refractivity contribution is -0.128. The van der Waals surface area contributed by atoms with Crippen molar-refractivity contribution >= 4 is 0 Å². The molecule has 0 aliphatic heterocycles. The predicted molar refractivity (Wildman–Crippen MR) is 128 cm³/mol. The smallest absolute Gasteiger partial charge is 0.0543 e. The van der Waals surface area contributed by atoms with Gasteiger partial charge in [0, 0.05) is 0 Å². The van der Waals surface area contributed by atoms with E-state index in [1.165, 1.54) is 51.4 Å². The topological polar surface area (TPSA) is 20.2 Å². The highest BCUT2D eigenvalue weighted by Gasteiger charge is 2.60. The Kier molecular flexibility index (Phi) is 6.53. The van der Waals surface area contributed by atoms with Gasteiger partial charge in [0.2, 0.25) is 0 Å². The van der Waals surface area contributed by atoms with Gasteiger partial charge in [-0.15, -0.1) is 0 Å². The van der Waals surface area contributed by atoms with Gasteiger partial charge in [-0.05, 0) is 122 Å². The minimum Gasteiger partial charge on any atom is -0.393 e. The molecule has 0 saturated heterocycles. The summed E-state index contributed by atoms with van der Waals surface area (Å²) in [6.45, 7) is 14.9. The summed E-state index contributed by atoms with van der Waals surface area (Å²) in [6.07, 6.45) is 18.5. The van der Waals surface area contributed by atoms with E-state index in [0.717, 1.165) is 60.2 Å². The van der Waals surface area contributed by atoms with E-state index in [0.29, 0.717) is 10.8 Å². The molecule has 0 heterocycles. The Labute approximate surface area is 187 Å². The van der Waals surface area contributed by atoms with Crippen molar-refractivity contribution in [3.63, 3.8) is 0 Å². The van der Waals surface area contributed by atoms with Crippen LogP contribution in [0.2, 0.25) is 0 Å². The Balaban J connectivity index is 1.49. The van der Waals surface area contributed by atoms with Crippen molar-refractivity contribution in [2.45, 2.75) is 112 Å². The van der Waals surface area contributed by atoms with Gasteiger partial charge < -0.3 is 5.11 Å². The number of hydrogen-bond donors (Lipinski definition) is 1. The first-order chi connectivity index (χ1) is 14.2.